The van der Waals surface area contributed by atoms with Gasteiger partial charge < -0.3 is 10.2 Å². The van der Waals surface area contributed by atoms with Gasteiger partial charge in [0.2, 0.25) is 0 Å². The molecule has 0 saturated carbocycles. The first-order chi connectivity index (χ1) is 6.70. The van der Waals surface area contributed by atoms with Crippen LogP contribution in [0.5, 0.6) is 0 Å². The van der Waals surface area contributed by atoms with E-state index in [9.17, 15) is 4.39 Å². The quantitative estimate of drug-likeness (QED) is 0.899. The highest BCUT2D eigenvalue weighted by molar-refractivity contribution is 9.10. The summed E-state index contributed by atoms with van der Waals surface area (Å²) in [5.74, 6) is 0.200. The Bertz CT molecular complexity index is 469. The fourth-order valence-electron chi connectivity index (χ4n) is 1.24. The third kappa shape index (κ3) is 1.65. The average Bonchev–Trinajstić information content (AvgIpc) is 2.48. The fraction of sp³-hybridized carbons (Fsp3) is 0.222. The van der Waals surface area contributed by atoms with Crippen LogP contribution < -0.4 is 5.73 Å². The minimum Gasteiger partial charge on any atom is -0.439 e. The van der Waals surface area contributed by atoms with E-state index in [0.717, 1.165) is 0 Å². The molecule has 0 bridgehead atoms. The number of fused-ring (bicyclic) bond motifs is 1. The van der Waals surface area contributed by atoms with E-state index in [1.54, 1.807) is 0 Å². The number of nitrogens with zero attached hydrogens (tertiary/aromatic N) is 1. The van der Waals surface area contributed by atoms with Crippen molar-refractivity contribution in [2.45, 2.75) is 6.42 Å². The molecule has 0 saturated heterocycles. The topological polar surface area (TPSA) is 52.0 Å². The molecule has 0 amide bonds. The zero-order chi connectivity index (χ0) is 10.1. The van der Waals surface area contributed by atoms with Gasteiger partial charge in [-0.3, -0.25) is 0 Å². The molecule has 1 aromatic heterocycles. The van der Waals surface area contributed by atoms with E-state index in [4.69, 9.17) is 10.2 Å². The highest BCUT2D eigenvalue weighted by Gasteiger charge is 2.09. The van der Waals surface area contributed by atoms with Crippen LogP contribution >= 0.6 is 15.9 Å². The molecule has 0 fully saturated rings. The van der Waals surface area contributed by atoms with Crippen molar-refractivity contribution in [2.75, 3.05) is 6.54 Å². The second-order valence-electron chi connectivity index (χ2n) is 2.88. The predicted octanol–water partition coefficient (Wildman–Crippen LogP) is 2.23. The fourth-order valence-corrected chi connectivity index (χ4v) is 1.74. The number of hydrogen-bond donors (Lipinski definition) is 1. The van der Waals surface area contributed by atoms with Gasteiger partial charge in [-0.2, -0.15) is 0 Å². The predicted molar refractivity (Wildman–Crippen MR) is 54.4 cm³/mol. The molecule has 2 N–H and O–H groups in total. The van der Waals surface area contributed by atoms with Gasteiger partial charge in [0.1, 0.15) is 11.3 Å². The summed E-state index contributed by atoms with van der Waals surface area (Å²) < 4.78 is 18.9. The molecule has 3 nitrogen and oxygen atoms in total. The van der Waals surface area contributed by atoms with Crippen molar-refractivity contribution in [2.24, 2.45) is 5.73 Å². The largest absolute Gasteiger partial charge is 0.439 e. The van der Waals surface area contributed by atoms with Gasteiger partial charge in [0, 0.05) is 19.0 Å². The molecule has 2 rings (SSSR count). The third-order valence-corrected chi connectivity index (χ3v) is 2.40. The monoisotopic (exact) mass is 258 g/mol. The van der Waals surface area contributed by atoms with E-state index in [-0.39, 0.29) is 5.82 Å². The molecular weight excluding hydrogens is 251 g/mol. The van der Waals surface area contributed by atoms with E-state index in [2.05, 4.69) is 20.9 Å². The maximum atomic E-state index is 13.0. The van der Waals surface area contributed by atoms with E-state index in [1.165, 1.54) is 12.1 Å². The Hall–Kier alpha value is -0.940. The Morgan fingerprint density at radius 3 is 3.00 bits per heavy atom. The van der Waals surface area contributed by atoms with Gasteiger partial charge in [-0.25, -0.2) is 9.37 Å². The second-order valence-corrected chi connectivity index (χ2v) is 3.74. The molecule has 5 heteroatoms. The van der Waals surface area contributed by atoms with Gasteiger partial charge in [0.15, 0.2) is 11.5 Å². The SMILES string of the molecule is NCCc1nc2cc(F)cc(Br)c2o1. The number of nitrogens with two attached hydrogens (primary N) is 1. The third-order valence-electron chi connectivity index (χ3n) is 1.81. The molecule has 0 aliphatic carbocycles. The highest BCUT2D eigenvalue weighted by atomic mass is 79.9. The summed E-state index contributed by atoms with van der Waals surface area (Å²) in [6.07, 6.45) is 0.558. The summed E-state index contributed by atoms with van der Waals surface area (Å²) in [6, 6.07) is 2.68. The minimum atomic E-state index is -0.336. The van der Waals surface area contributed by atoms with Crippen LogP contribution in [0.4, 0.5) is 4.39 Å². The summed E-state index contributed by atoms with van der Waals surface area (Å²) in [4.78, 5) is 4.11. The Morgan fingerprint density at radius 1 is 1.50 bits per heavy atom. The molecule has 0 atom stereocenters. The van der Waals surface area contributed by atoms with Gasteiger partial charge in [-0.05, 0) is 22.0 Å². The van der Waals surface area contributed by atoms with Crippen LogP contribution in [0.15, 0.2) is 21.0 Å². The number of hydrogen-bond acceptors (Lipinski definition) is 3. The van der Waals surface area contributed by atoms with Gasteiger partial charge in [-0.1, -0.05) is 0 Å². The van der Waals surface area contributed by atoms with E-state index in [1.807, 2.05) is 0 Å². The molecule has 0 spiro atoms. The maximum Gasteiger partial charge on any atom is 0.196 e. The van der Waals surface area contributed by atoms with Crippen molar-refractivity contribution in [1.82, 2.24) is 4.98 Å². The van der Waals surface area contributed by atoms with Crippen molar-refractivity contribution < 1.29 is 8.81 Å². The molecule has 1 heterocycles. The zero-order valence-electron chi connectivity index (χ0n) is 7.26. The van der Waals surface area contributed by atoms with Gasteiger partial charge >= 0.3 is 0 Å². The number of benzene rings is 1. The van der Waals surface area contributed by atoms with Gasteiger partial charge in [-0.15, -0.1) is 0 Å². The number of halogens is 2. The lowest BCUT2D eigenvalue weighted by Crippen LogP contribution is -2.02. The number of aromatic nitrogens is 1. The van der Waals surface area contributed by atoms with Gasteiger partial charge in [0.05, 0.1) is 4.47 Å². The van der Waals surface area contributed by atoms with Crippen LogP contribution in [0, 0.1) is 5.82 Å². The number of oxazole rings is 1. The van der Waals surface area contributed by atoms with Crippen LogP contribution in [0.1, 0.15) is 5.89 Å². The zero-order valence-corrected chi connectivity index (χ0v) is 8.84. The number of rotatable bonds is 2. The summed E-state index contributed by atoms with van der Waals surface area (Å²) in [5, 5.41) is 0. The first kappa shape index (κ1) is 9.61. The van der Waals surface area contributed by atoms with E-state index >= 15 is 0 Å². The van der Waals surface area contributed by atoms with Crippen LogP contribution in [0.3, 0.4) is 0 Å². The molecule has 1 aromatic carbocycles. The van der Waals surface area contributed by atoms with Crippen LogP contribution in [0.2, 0.25) is 0 Å². The summed E-state index contributed by atoms with van der Waals surface area (Å²) in [6.45, 7) is 0.465. The molecule has 2 aromatic rings. The van der Waals surface area contributed by atoms with Crippen molar-refractivity contribution in [1.29, 1.82) is 0 Å². The molecule has 0 aliphatic heterocycles. The van der Waals surface area contributed by atoms with Crippen molar-refractivity contribution in [3.63, 3.8) is 0 Å². The van der Waals surface area contributed by atoms with Crippen molar-refractivity contribution in [3.05, 3.63) is 28.3 Å². The molecule has 0 unspecified atom stereocenters. The lowest BCUT2D eigenvalue weighted by atomic mass is 10.3. The van der Waals surface area contributed by atoms with Crippen molar-refractivity contribution >= 4 is 27.0 Å². The Labute approximate surface area is 88.2 Å². The van der Waals surface area contributed by atoms with E-state index in [0.29, 0.717) is 34.4 Å². The molecule has 0 radical (unpaired) electrons. The summed E-state index contributed by atoms with van der Waals surface area (Å²) >= 11 is 3.21. The van der Waals surface area contributed by atoms with Crippen LogP contribution in [0.25, 0.3) is 11.1 Å². The lowest BCUT2D eigenvalue weighted by molar-refractivity contribution is 0.529. The Morgan fingerprint density at radius 2 is 2.29 bits per heavy atom. The van der Waals surface area contributed by atoms with Crippen LogP contribution in [-0.4, -0.2) is 11.5 Å². The molecule has 74 valence electrons. The standard InChI is InChI=1S/C9H8BrFN2O/c10-6-3-5(11)4-7-9(6)14-8(13-7)1-2-12/h3-4H,1-2,12H2. The van der Waals surface area contributed by atoms with E-state index < -0.39 is 0 Å². The second kappa shape index (κ2) is 3.67. The minimum absolute atomic E-state index is 0.336. The van der Waals surface area contributed by atoms with Gasteiger partial charge in [0.25, 0.3) is 0 Å². The Balaban J connectivity index is 2.58. The molecular formula is C9H8BrFN2O. The lowest BCUT2D eigenvalue weighted by Gasteiger charge is -1.91. The summed E-state index contributed by atoms with van der Waals surface area (Å²) in [5.41, 5.74) is 6.44. The normalized spacial score (nSPS) is 11.1. The van der Waals surface area contributed by atoms with Crippen molar-refractivity contribution in [3.8, 4) is 0 Å². The maximum absolute atomic E-state index is 13.0. The highest BCUT2D eigenvalue weighted by Crippen LogP contribution is 2.26. The summed E-state index contributed by atoms with van der Waals surface area (Å²) in [7, 11) is 0. The molecule has 0 aliphatic rings. The first-order valence-corrected chi connectivity index (χ1v) is 4.94. The molecule has 14 heavy (non-hydrogen) atoms. The first-order valence-electron chi connectivity index (χ1n) is 4.15. The van der Waals surface area contributed by atoms with Crippen LogP contribution in [-0.2, 0) is 6.42 Å². The smallest absolute Gasteiger partial charge is 0.196 e. The Kier molecular flexibility index (Phi) is 2.52. The average molecular weight is 259 g/mol.